The maximum absolute atomic E-state index is 12.5. The van der Waals surface area contributed by atoms with Gasteiger partial charge >= 0.3 is 12.2 Å². The molecule has 0 N–H and O–H groups in total. The van der Waals surface area contributed by atoms with Crippen LogP contribution in [0.3, 0.4) is 0 Å². The highest BCUT2D eigenvalue weighted by Gasteiger charge is 2.28. The summed E-state index contributed by atoms with van der Waals surface area (Å²) in [6.07, 6.45) is 2.46. The number of nitrogens with zero attached hydrogens (tertiary/aromatic N) is 2. The van der Waals surface area contributed by atoms with Crippen molar-refractivity contribution in [2.24, 2.45) is 0 Å². The zero-order valence-corrected chi connectivity index (χ0v) is 18.7. The first kappa shape index (κ1) is 22.0. The molecule has 0 atom stereocenters. The Morgan fingerprint density at radius 2 is 1.50 bits per heavy atom. The van der Waals surface area contributed by atoms with E-state index in [0.29, 0.717) is 13.1 Å². The molecular formula is C23H32N2O5. The Kier molecular flexibility index (Phi) is 6.01. The largest absolute Gasteiger partial charge is 0.490 e. The SMILES string of the molecule is CC(C)(C)OC(=O)N1CCC(Oc2cccc3c2ccn3C(=O)OC(C)(C)C)CC1. The zero-order valence-electron chi connectivity index (χ0n) is 18.7. The minimum atomic E-state index is -0.566. The van der Waals surface area contributed by atoms with Crippen molar-refractivity contribution in [3.63, 3.8) is 0 Å². The van der Waals surface area contributed by atoms with Crippen LogP contribution in [0.25, 0.3) is 10.9 Å². The molecule has 1 saturated heterocycles. The van der Waals surface area contributed by atoms with Crippen LogP contribution in [0.1, 0.15) is 54.4 Å². The first-order chi connectivity index (χ1) is 13.9. The van der Waals surface area contributed by atoms with Crippen LogP contribution in [0.2, 0.25) is 0 Å². The van der Waals surface area contributed by atoms with Gasteiger partial charge in [-0.15, -0.1) is 0 Å². The second kappa shape index (κ2) is 8.20. The van der Waals surface area contributed by atoms with Gasteiger partial charge in [0, 0.05) is 37.5 Å². The molecule has 1 aromatic heterocycles. The topological polar surface area (TPSA) is 70.0 Å². The van der Waals surface area contributed by atoms with Gasteiger partial charge < -0.3 is 19.1 Å². The number of amides is 1. The lowest BCUT2D eigenvalue weighted by molar-refractivity contribution is 0.0127. The van der Waals surface area contributed by atoms with Crippen LogP contribution in [-0.4, -0.2) is 52.0 Å². The Bertz CT molecular complexity index is 912. The van der Waals surface area contributed by atoms with E-state index in [0.717, 1.165) is 29.5 Å². The van der Waals surface area contributed by atoms with Crippen LogP contribution in [0.5, 0.6) is 5.75 Å². The summed E-state index contributed by atoms with van der Waals surface area (Å²) < 4.78 is 18.7. The van der Waals surface area contributed by atoms with Crippen LogP contribution < -0.4 is 4.74 Å². The van der Waals surface area contributed by atoms with Gasteiger partial charge in [0.15, 0.2) is 0 Å². The van der Waals surface area contributed by atoms with Crippen LogP contribution >= 0.6 is 0 Å². The summed E-state index contributed by atoms with van der Waals surface area (Å²) in [6.45, 7) is 12.3. The van der Waals surface area contributed by atoms with Crippen molar-refractivity contribution < 1.29 is 23.8 Å². The monoisotopic (exact) mass is 416 g/mol. The van der Waals surface area contributed by atoms with Gasteiger partial charge in [0.05, 0.1) is 5.52 Å². The number of hydrogen-bond donors (Lipinski definition) is 0. The molecule has 0 radical (unpaired) electrons. The van der Waals surface area contributed by atoms with E-state index in [1.54, 1.807) is 11.1 Å². The number of likely N-dealkylation sites (tertiary alicyclic amines) is 1. The van der Waals surface area contributed by atoms with Crippen LogP contribution in [0.4, 0.5) is 9.59 Å². The molecule has 1 fully saturated rings. The van der Waals surface area contributed by atoms with Crippen molar-refractivity contribution in [2.75, 3.05) is 13.1 Å². The first-order valence-corrected chi connectivity index (χ1v) is 10.4. The molecule has 1 aliphatic rings. The summed E-state index contributed by atoms with van der Waals surface area (Å²) in [7, 11) is 0. The Hall–Kier alpha value is -2.70. The van der Waals surface area contributed by atoms with Gasteiger partial charge in [-0.2, -0.15) is 0 Å². The van der Waals surface area contributed by atoms with Gasteiger partial charge in [-0.05, 0) is 59.7 Å². The lowest BCUT2D eigenvalue weighted by atomic mass is 10.1. The molecule has 0 unspecified atom stereocenters. The van der Waals surface area contributed by atoms with Gasteiger partial charge in [-0.25, -0.2) is 9.59 Å². The van der Waals surface area contributed by atoms with E-state index in [1.807, 2.05) is 65.8 Å². The fourth-order valence-electron chi connectivity index (χ4n) is 3.37. The lowest BCUT2D eigenvalue weighted by Gasteiger charge is -2.33. The molecule has 0 aliphatic carbocycles. The molecule has 2 aromatic rings. The van der Waals surface area contributed by atoms with Crippen molar-refractivity contribution in [3.8, 4) is 5.75 Å². The van der Waals surface area contributed by atoms with Gasteiger partial charge in [-0.3, -0.25) is 4.57 Å². The quantitative estimate of drug-likeness (QED) is 0.673. The summed E-state index contributed by atoms with van der Waals surface area (Å²) >= 11 is 0. The summed E-state index contributed by atoms with van der Waals surface area (Å²) in [5, 5.41) is 0.859. The summed E-state index contributed by atoms with van der Waals surface area (Å²) in [5.74, 6) is 0.727. The number of carbonyl (C=O) groups is 2. The molecule has 1 aliphatic heterocycles. The number of carbonyl (C=O) groups excluding carboxylic acids is 2. The third-order valence-corrected chi connectivity index (χ3v) is 4.67. The molecular weight excluding hydrogens is 384 g/mol. The van der Waals surface area contributed by atoms with Crippen molar-refractivity contribution in [2.45, 2.75) is 71.7 Å². The second-order valence-electron chi connectivity index (χ2n) is 9.64. The van der Waals surface area contributed by atoms with E-state index in [4.69, 9.17) is 14.2 Å². The normalized spacial score (nSPS) is 15.9. The Morgan fingerprint density at radius 3 is 2.10 bits per heavy atom. The average Bonchev–Trinajstić information content (AvgIpc) is 3.05. The Labute approximate surface area is 177 Å². The third-order valence-electron chi connectivity index (χ3n) is 4.67. The van der Waals surface area contributed by atoms with Gasteiger partial charge in [0.1, 0.15) is 23.1 Å². The van der Waals surface area contributed by atoms with Gasteiger partial charge in [0.25, 0.3) is 0 Å². The molecule has 1 aromatic carbocycles. The molecule has 7 heteroatoms. The highest BCUT2D eigenvalue weighted by molar-refractivity contribution is 5.93. The summed E-state index contributed by atoms with van der Waals surface area (Å²) in [5.41, 5.74) is -0.321. The fourth-order valence-corrected chi connectivity index (χ4v) is 3.37. The van der Waals surface area contributed by atoms with E-state index in [9.17, 15) is 9.59 Å². The van der Waals surface area contributed by atoms with E-state index < -0.39 is 17.3 Å². The van der Waals surface area contributed by atoms with E-state index in [-0.39, 0.29) is 12.2 Å². The van der Waals surface area contributed by atoms with Gasteiger partial charge in [0.2, 0.25) is 0 Å². The molecule has 0 bridgehead atoms. The highest BCUT2D eigenvalue weighted by atomic mass is 16.6. The van der Waals surface area contributed by atoms with Crippen LogP contribution in [-0.2, 0) is 9.47 Å². The van der Waals surface area contributed by atoms with Crippen molar-refractivity contribution in [1.82, 2.24) is 9.47 Å². The Balaban J connectivity index is 1.66. The first-order valence-electron chi connectivity index (χ1n) is 10.4. The Morgan fingerprint density at radius 1 is 0.900 bits per heavy atom. The standard InChI is InChI=1S/C23H32N2O5/c1-22(2,3)29-20(26)24-13-10-16(11-14-24)28-19-9-7-8-18-17(19)12-15-25(18)21(27)30-23(4,5)6/h7-9,12,15-16H,10-11,13-14H2,1-6H3. The number of aromatic nitrogens is 1. The lowest BCUT2D eigenvalue weighted by Crippen LogP contribution is -2.44. The number of rotatable bonds is 2. The highest BCUT2D eigenvalue weighted by Crippen LogP contribution is 2.30. The molecule has 0 spiro atoms. The van der Waals surface area contributed by atoms with Crippen molar-refractivity contribution >= 4 is 23.1 Å². The van der Waals surface area contributed by atoms with Gasteiger partial charge in [-0.1, -0.05) is 6.07 Å². The van der Waals surface area contributed by atoms with Crippen molar-refractivity contribution in [1.29, 1.82) is 0 Å². The maximum Gasteiger partial charge on any atom is 0.418 e. The van der Waals surface area contributed by atoms with E-state index in [1.165, 1.54) is 4.57 Å². The minimum absolute atomic E-state index is 0.000775. The summed E-state index contributed by atoms with van der Waals surface area (Å²) in [4.78, 5) is 26.4. The molecule has 0 saturated carbocycles. The van der Waals surface area contributed by atoms with Crippen LogP contribution in [0.15, 0.2) is 30.5 Å². The van der Waals surface area contributed by atoms with E-state index in [2.05, 4.69) is 0 Å². The number of piperidine rings is 1. The third kappa shape index (κ3) is 5.46. The van der Waals surface area contributed by atoms with Crippen molar-refractivity contribution in [3.05, 3.63) is 30.5 Å². The second-order valence-corrected chi connectivity index (χ2v) is 9.64. The molecule has 3 rings (SSSR count). The predicted molar refractivity (Wildman–Crippen MR) is 115 cm³/mol. The average molecular weight is 417 g/mol. The maximum atomic E-state index is 12.5. The number of hydrogen-bond acceptors (Lipinski definition) is 5. The zero-order chi connectivity index (χ0) is 22.1. The number of fused-ring (bicyclic) bond motifs is 1. The van der Waals surface area contributed by atoms with Crippen LogP contribution in [0, 0.1) is 0 Å². The summed E-state index contributed by atoms with van der Waals surface area (Å²) in [6, 6.07) is 7.51. The molecule has 1 amide bonds. The minimum Gasteiger partial charge on any atom is -0.490 e. The molecule has 7 nitrogen and oxygen atoms in total. The number of benzene rings is 1. The predicted octanol–water partition coefficient (Wildman–Crippen LogP) is 5.20. The molecule has 164 valence electrons. The number of ether oxygens (including phenoxy) is 3. The molecule has 2 heterocycles. The fraction of sp³-hybridized carbons (Fsp3) is 0.565. The smallest absolute Gasteiger partial charge is 0.418 e. The molecule has 30 heavy (non-hydrogen) atoms. The van der Waals surface area contributed by atoms with E-state index >= 15 is 0 Å².